The average molecular weight is 400 g/mol. The first-order valence-electron chi connectivity index (χ1n) is 9.53. The van der Waals surface area contributed by atoms with Gasteiger partial charge in [-0.2, -0.15) is 0 Å². The summed E-state index contributed by atoms with van der Waals surface area (Å²) < 4.78 is 0. The number of rotatable bonds is 0. The third kappa shape index (κ3) is 65.4. The molecule has 7 nitrogen and oxygen atoms in total. The maximum Gasteiger partial charge on any atom is 0.300 e. The van der Waals surface area contributed by atoms with Gasteiger partial charge in [-0.1, -0.05) is 69.9 Å². The molecule has 7 heteroatoms. The van der Waals surface area contributed by atoms with E-state index in [1.165, 1.54) is 57.8 Å². The topological polar surface area (TPSA) is 124 Å². The van der Waals surface area contributed by atoms with E-state index in [9.17, 15) is 0 Å². The van der Waals surface area contributed by atoms with Gasteiger partial charge in [0.05, 0.1) is 0 Å². The molecular weight excluding hydrogens is 362 g/mol. The summed E-state index contributed by atoms with van der Waals surface area (Å²) in [6.07, 6.45) is 25.1. The molecular formula is C21H37NO6. The molecule has 1 heterocycles. The van der Waals surface area contributed by atoms with Crippen LogP contribution in [0.5, 0.6) is 0 Å². The zero-order chi connectivity index (χ0) is 22.0. The second kappa shape index (κ2) is 26.7. The molecule has 2 aliphatic rings. The van der Waals surface area contributed by atoms with Crippen molar-refractivity contribution < 1.29 is 29.7 Å². The fraction of sp³-hybridized carbons (Fsp3) is 0.571. The van der Waals surface area contributed by atoms with Crippen LogP contribution in [0.1, 0.15) is 78.6 Å². The number of aliphatic carboxylic acids is 3. The van der Waals surface area contributed by atoms with Crippen molar-refractivity contribution in [2.75, 3.05) is 0 Å². The lowest BCUT2D eigenvalue weighted by molar-refractivity contribution is -0.135. The number of carboxylic acid groups (broad SMARTS) is 3. The van der Waals surface area contributed by atoms with E-state index in [2.05, 4.69) is 5.32 Å². The van der Waals surface area contributed by atoms with E-state index in [0.29, 0.717) is 0 Å². The average Bonchev–Trinajstić information content (AvgIpc) is 2.77. The van der Waals surface area contributed by atoms with Gasteiger partial charge in [-0.15, -0.1) is 0 Å². The Hall–Kier alpha value is -2.57. The molecule has 0 saturated heterocycles. The Morgan fingerprint density at radius 1 is 0.536 bits per heavy atom. The largest absolute Gasteiger partial charge is 0.481 e. The molecule has 0 radical (unpaired) electrons. The summed E-state index contributed by atoms with van der Waals surface area (Å²) in [4.78, 5) is 27.0. The minimum atomic E-state index is -0.833. The molecule has 1 fully saturated rings. The monoisotopic (exact) mass is 399 g/mol. The molecule has 0 bridgehead atoms. The fourth-order valence-corrected chi connectivity index (χ4v) is 2.00. The van der Waals surface area contributed by atoms with Crippen molar-refractivity contribution in [1.82, 2.24) is 5.32 Å². The molecule has 0 unspecified atom stereocenters. The third-order valence-electron chi connectivity index (χ3n) is 2.97. The van der Waals surface area contributed by atoms with Gasteiger partial charge in [0.15, 0.2) is 0 Å². The third-order valence-corrected chi connectivity index (χ3v) is 2.97. The molecule has 2 rings (SSSR count). The molecule has 0 amide bonds. The van der Waals surface area contributed by atoms with Gasteiger partial charge >= 0.3 is 0 Å². The lowest BCUT2D eigenvalue weighted by Gasteiger charge is -1.93. The van der Waals surface area contributed by atoms with Crippen LogP contribution in [-0.4, -0.2) is 33.2 Å². The summed E-state index contributed by atoms with van der Waals surface area (Å²) in [7, 11) is 0. The van der Waals surface area contributed by atoms with Gasteiger partial charge in [0.25, 0.3) is 17.9 Å². The lowest BCUT2D eigenvalue weighted by atomic mass is 10.1. The van der Waals surface area contributed by atoms with Crippen LogP contribution in [0.15, 0.2) is 36.7 Å². The first-order chi connectivity index (χ1) is 13.2. The standard InChI is InChI=1S/C9H18.C6H7N.3C2H4O2/c1-2-4-6-8-9-7-5-3-1;1-2-4-6-7-5-3-1;3*1-2(3)4/h1-9H2;1-7H;3*1H3,(H,3,4). The van der Waals surface area contributed by atoms with Crippen LogP contribution in [0, 0.1) is 0 Å². The van der Waals surface area contributed by atoms with Crippen molar-refractivity contribution in [2.45, 2.75) is 78.6 Å². The molecule has 1 saturated carbocycles. The molecule has 0 aromatic carbocycles. The van der Waals surface area contributed by atoms with E-state index in [0.717, 1.165) is 20.8 Å². The molecule has 1 aliphatic carbocycles. The zero-order valence-corrected chi connectivity index (χ0v) is 17.4. The summed E-state index contributed by atoms with van der Waals surface area (Å²) >= 11 is 0. The molecule has 162 valence electrons. The van der Waals surface area contributed by atoms with E-state index in [1.54, 1.807) is 0 Å². The Labute approximate surface area is 168 Å². The number of nitrogens with one attached hydrogen (secondary N) is 1. The Bertz CT molecular complexity index is 386. The minimum Gasteiger partial charge on any atom is -0.481 e. The summed E-state index contributed by atoms with van der Waals surface area (Å²) in [6.45, 7) is 3.25. The summed E-state index contributed by atoms with van der Waals surface area (Å²) in [5.74, 6) is -2.50. The molecule has 0 aromatic heterocycles. The smallest absolute Gasteiger partial charge is 0.300 e. The predicted molar refractivity (Wildman–Crippen MR) is 112 cm³/mol. The molecule has 28 heavy (non-hydrogen) atoms. The van der Waals surface area contributed by atoms with Gasteiger partial charge in [-0.05, 0) is 12.2 Å². The van der Waals surface area contributed by atoms with Crippen LogP contribution in [0.25, 0.3) is 0 Å². The maximum absolute atomic E-state index is 9.00. The highest BCUT2D eigenvalue weighted by Crippen LogP contribution is 2.15. The summed E-state index contributed by atoms with van der Waals surface area (Å²) in [5.41, 5.74) is 0. The number of allylic oxidation sites excluding steroid dienone is 4. The van der Waals surface area contributed by atoms with Crippen LogP contribution in [0.4, 0.5) is 0 Å². The van der Waals surface area contributed by atoms with E-state index in [-0.39, 0.29) is 0 Å². The van der Waals surface area contributed by atoms with Crippen molar-refractivity contribution in [3.63, 3.8) is 0 Å². The Kier molecular flexibility index (Phi) is 28.7. The van der Waals surface area contributed by atoms with Gasteiger partial charge in [-0.25, -0.2) is 0 Å². The normalized spacial score (nSPS) is 14.4. The van der Waals surface area contributed by atoms with Gasteiger partial charge in [0, 0.05) is 33.2 Å². The number of carbonyl (C=O) groups is 3. The first kappa shape index (κ1) is 30.2. The van der Waals surface area contributed by atoms with Crippen molar-refractivity contribution >= 4 is 17.9 Å². The maximum atomic E-state index is 9.00. The lowest BCUT2D eigenvalue weighted by Crippen LogP contribution is -1.87. The zero-order valence-electron chi connectivity index (χ0n) is 17.4. The van der Waals surface area contributed by atoms with E-state index in [4.69, 9.17) is 29.7 Å². The van der Waals surface area contributed by atoms with Gasteiger partial charge in [-0.3, -0.25) is 14.4 Å². The van der Waals surface area contributed by atoms with Crippen LogP contribution >= 0.6 is 0 Å². The Morgan fingerprint density at radius 2 is 0.714 bits per heavy atom. The highest BCUT2D eigenvalue weighted by atomic mass is 16.4. The van der Waals surface area contributed by atoms with Crippen molar-refractivity contribution in [3.05, 3.63) is 36.7 Å². The minimum absolute atomic E-state index is 0.833. The van der Waals surface area contributed by atoms with Crippen molar-refractivity contribution in [3.8, 4) is 0 Å². The van der Waals surface area contributed by atoms with Gasteiger partial charge < -0.3 is 20.6 Å². The van der Waals surface area contributed by atoms with Crippen molar-refractivity contribution in [1.29, 1.82) is 0 Å². The molecule has 0 aromatic rings. The molecule has 1 aliphatic heterocycles. The predicted octanol–water partition coefficient (Wildman–Crippen LogP) is 4.96. The SMILES string of the molecule is C1=CC=CNC=C1.C1CCCCCCCC1.CC(=O)O.CC(=O)O.CC(=O)O. The van der Waals surface area contributed by atoms with Crippen LogP contribution in [0.3, 0.4) is 0 Å². The molecule has 0 atom stereocenters. The highest BCUT2D eigenvalue weighted by Gasteiger charge is 1.95. The van der Waals surface area contributed by atoms with E-state index in [1.807, 2.05) is 36.7 Å². The Morgan fingerprint density at radius 3 is 0.893 bits per heavy atom. The second-order valence-corrected chi connectivity index (χ2v) is 6.01. The van der Waals surface area contributed by atoms with Crippen LogP contribution < -0.4 is 5.32 Å². The molecule has 4 N–H and O–H groups in total. The highest BCUT2D eigenvalue weighted by molar-refractivity contribution is 5.63. The number of carboxylic acids is 3. The van der Waals surface area contributed by atoms with Gasteiger partial charge in [0.1, 0.15) is 0 Å². The molecule has 0 spiro atoms. The number of hydrogen-bond donors (Lipinski definition) is 4. The van der Waals surface area contributed by atoms with E-state index < -0.39 is 17.9 Å². The van der Waals surface area contributed by atoms with E-state index >= 15 is 0 Å². The van der Waals surface area contributed by atoms with Crippen LogP contribution in [-0.2, 0) is 14.4 Å². The number of hydrogen-bond acceptors (Lipinski definition) is 4. The second-order valence-electron chi connectivity index (χ2n) is 6.01. The van der Waals surface area contributed by atoms with Crippen molar-refractivity contribution in [2.24, 2.45) is 0 Å². The Balaban J connectivity index is -0.000000296. The fourth-order valence-electron chi connectivity index (χ4n) is 2.00. The summed E-state index contributed by atoms with van der Waals surface area (Å²) in [5, 5.41) is 25.2. The first-order valence-corrected chi connectivity index (χ1v) is 9.53. The van der Waals surface area contributed by atoms with Crippen LogP contribution in [0.2, 0.25) is 0 Å². The summed E-state index contributed by atoms with van der Waals surface area (Å²) in [6, 6.07) is 0. The van der Waals surface area contributed by atoms with Gasteiger partial charge in [0.2, 0.25) is 0 Å². The quantitative estimate of drug-likeness (QED) is 0.454.